The minimum atomic E-state index is -4.55. The zero-order chi connectivity index (χ0) is 12.4. The highest BCUT2D eigenvalue weighted by Crippen LogP contribution is 2.48. The molecule has 6 heteroatoms. The SMILES string of the molecule is CCP(=O)(CC(F)(F)F)c1ccccc1F. The third kappa shape index (κ3) is 3.08. The lowest BCUT2D eigenvalue weighted by Crippen LogP contribution is -2.22. The van der Waals surface area contributed by atoms with Gasteiger partial charge in [0.1, 0.15) is 19.1 Å². The maximum absolute atomic E-state index is 13.3. The molecule has 0 fully saturated rings. The van der Waals surface area contributed by atoms with Crippen molar-refractivity contribution in [2.45, 2.75) is 13.1 Å². The Morgan fingerprint density at radius 3 is 2.25 bits per heavy atom. The molecular formula is C10H11F4OP. The predicted octanol–water partition coefficient (Wildman–Crippen LogP) is 3.40. The van der Waals surface area contributed by atoms with E-state index in [4.69, 9.17) is 0 Å². The van der Waals surface area contributed by atoms with E-state index in [-0.39, 0.29) is 11.5 Å². The molecule has 0 bridgehead atoms. The lowest BCUT2D eigenvalue weighted by molar-refractivity contribution is -0.106. The Labute approximate surface area is 90.8 Å². The first kappa shape index (κ1) is 13.2. The van der Waals surface area contributed by atoms with Crippen LogP contribution in [0.1, 0.15) is 6.92 Å². The topological polar surface area (TPSA) is 17.1 Å². The number of rotatable bonds is 3. The van der Waals surface area contributed by atoms with E-state index < -0.39 is 25.3 Å². The molecule has 1 unspecified atom stereocenters. The molecule has 0 heterocycles. The molecule has 1 aromatic rings. The number of halogens is 4. The number of hydrogen-bond acceptors (Lipinski definition) is 1. The van der Waals surface area contributed by atoms with Crippen molar-refractivity contribution in [3.8, 4) is 0 Å². The van der Waals surface area contributed by atoms with Crippen molar-refractivity contribution < 1.29 is 22.1 Å². The monoisotopic (exact) mass is 254 g/mol. The van der Waals surface area contributed by atoms with Gasteiger partial charge in [0, 0.05) is 11.5 Å². The van der Waals surface area contributed by atoms with Crippen molar-refractivity contribution in [3.05, 3.63) is 30.1 Å². The molecule has 1 rings (SSSR count). The second-order valence-corrected chi connectivity index (χ2v) is 6.64. The van der Waals surface area contributed by atoms with Crippen LogP contribution < -0.4 is 5.30 Å². The van der Waals surface area contributed by atoms with Crippen LogP contribution in [0.3, 0.4) is 0 Å². The van der Waals surface area contributed by atoms with Crippen LogP contribution in [0.4, 0.5) is 17.6 Å². The molecule has 0 aliphatic rings. The summed E-state index contributed by atoms with van der Waals surface area (Å²) in [6.45, 7) is 1.37. The van der Waals surface area contributed by atoms with Crippen molar-refractivity contribution in [3.63, 3.8) is 0 Å². The molecule has 0 saturated heterocycles. The lowest BCUT2D eigenvalue weighted by atomic mass is 10.3. The molecular weight excluding hydrogens is 243 g/mol. The van der Waals surface area contributed by atoms with Crippen LogP contribution in [0.2, 0.25) is 0 Å². The van der Waals surface area contributed by atoms with Gasteiger partial charge in [0.15, 0.2) is 0 Å². The molecule has 1 aromatic carbocycles. The quantitative estimate of drug-likeness (QED) is 0.596. The van der Waals surface area contributed by atoms with Crippen molar-refractivity contribution in [1.29, 1.82) is 0 Å². The summed E-state index contributed by atoms with van der Waals surface area (Å²) in [5.74, 6) is -0.836. The number of alkyl halides is 3. The first-order valence-electron chi connectivity index (χ1n) is 4.68. The second kappa shape index (κ2) is 4.58. The van der Waals surface area contributed by atoms with Gasteiger partial charge in [0.05, 0.1) is 0 Å². The van der Waals surface area contributed by atoms with E-state index in [0.717, 1.165) is 12.1 Å². The van der Waals surface area contributed by atoms with E-state index in [1.54, 1.807) is 0 Å². The van der Waals surface area contributed by atoms with E-state index in [2.05, 4.69) is 0 Å². The largest absolute Gasteiger partial charge is 0.396 e. The molecule has 0 spiro atoms. The van der Waals surface area contributed by atoms with Crippen molar-refractivity contribution in [2.75, 3.05) is 12.3 Å². The Hall–Kier alpha value is -0.830. The van der Waals surface area contributed by atoms with Crippen LogP contribution in [0.15, 0.2) is 24.3 Å². The first-order chi connectivity index (χ1) is 7.28. The van der Waals surface area contributed by atoms with Gasteiger partial charge in [-0.25, -0.2) is 4.39 Å². The van der Waals surface area contributed by atoms with Gasteiger partial charge < -0.3 is 4.57 Å². The Kier molecular flexibility index (Phi) is 3.79. The summed E-state index contributed by atoms with van der Waals surface area (Å²) in [6, 6.07) is 4.92. The average Bonchev–Trinajstić information content (AvgIpc) is 2.15. The second-order valence-electron chi connectivity index (χ2n) is 3.43. The third-order valence-electron chi connectivity index (χ3n) is 2.24. The maximum atomic E-state index is 13.3. The fraction of sp³-hybridized carbons (Fsp3) is 0.400. The van der Waals surface area contributed by atoms with E-state index in [9.17, 15) is 22.1 Å². The molecule has 1 nitrogen and oxygen atoms in total. The normalized spacial score (nSPS) is 15.8. The highest BCUT2D eigenvalue weighted by molar-refractivity contribution is 7.71. The summed E-state index contributed by atoms with van der Waals surface area (Å²) in [5.41, 5.74) is 0. The summed E-state index contributed by atoms with van der Waals surface area (Å²) in [6.07, 6.45) is -6.20. The summed E-state index contributed by atoms with van der Waals surface area (Å²) < 4.78 is 62.1. The molecule has 0 aromatic heterocycles. The molecule has 0 saturated carbocycles. The van der Waals surface area contributed by atoms with Gasteiger partial charge in [-0.05, 0) is 12.1 Å². The van der Waals surface area contributed by atoms with Gasteiger partial charge >= 0.3 is 6.18 Å². The Balaban J connectivity index is 3.16. The van der Waals surface area contributed by atoms with Gasteiger partial charge in [-0.3, -0.25) is 0 Å². The molecule has 0 aliphatic heterocycles. The Bertz CT molecular complexity index is 414. The summed E-state index contributed by atoms with van der Waals surface area (Å²) in [4.78, 5) is 0. The molecule has 0 aliphatic carbocycles. The highest BCUT2D eigenvalue weighted by Gasteiger charge is 2.39. The minimum Gasteiger partial charge on any atom is -0.318 e. The molecule has 0 radical (unpaired) electrons. The predicted molar refractivity (Wildman–Crippen MR) is 55.1 cm³/mol. The van der Waals surface area contributed by atoms with E-state index in [0.29, 0.717) is 0 Å². The van der Waals surface area contributed by atoms with Gasteiger partial charge in [0.25, 0.3) is 0 Å². The van der Waals surface area contributed by atoms with Crippen molar-refractivity contribution >= 4 is 12.4 Å². The van der Waals surface area contributed by atoms with Gasteiger partial charge in [-0.2, -0.15) is 13.2 Å². The van der Waals surface area contributed by atoms with Gasteiger partial charge in [-0.15, -0.1) is 0 Å². The molecule has 90 valence electrons. The van der Waals surface area contributed by atoms with Crippen LogP contribution in [0.5, 0.6) is 0 Å². The first-order valence-corrected chi connectivity index (χ1v) is 6.76. The van der Waals surface area contributed by atoms with Crippen LogP contribution in [0.25, 0.3) is 0 Å². The fourth-order valence-corrected chi connectivity index (χ4v) is 3.57. The zero-order valence-corrected chi connectivity index (χ0v) is 9.49. The standard InChI is InChI=1S/C10H11F4OP/c1-2-16(15,7-10(12,13)14)9-6-4-3-5-8(9)11/h3-6H,2,7H2,1H3. The van der Waals surface area contributed by atoms with Crippen molar-refractivity contribution in [2.24, 2.45) is 0 Å². The molecule has 16 heavy (non-hydrogen) atoms. The summed E-state index contributed by atoms with van der Waals surface area (Å²) >= 11 is 0. The van der Waals surface area contributed by atoms with Crippen LogP contribution >= 0.6 is 7.14 Å². The summed E-state index contributed by atoms with van der Waals surface area (Å²) in [5, 5.41) is -0.310. The molecule has 0 amide bonds. The van der Waals surface area contributed by atoms with E-state index >= 15 is 0 Å². The van der Waals surface area contributed by atoms with Crippen LogP contribution in [-0.2, 0) is 4.57 Å². The van der Waals surface area contributed by atoms with Gasteiger partial charge in [0.2, 0.25) is 0 Å². The van der Waals surface area contributed by atoms with E-state index in [1.807, 2.05) is 0 Å². The van der Waals surface area contributed by atoms with E-state index in [1.165, 1.54) is 19.1 Å². The lowest BCUT2D eigenvalue weighted by Gasteiger charge is -2.18. The maximum Gasteiger partial charge on any atom is 0.396 e. The van der Waals surface area contributed by atoms with Crippen molar-refractivity contribution in [1.82, 2.24) is 0 Å². The Morgan fingerprint density at radius 2 is 1.81 bits per heavy atom. The third-order valence-corrected chi connectivity index (χ3v) is 5.37. The average molecular weight is 254 g/mol. The van der Waals surface area contributed by atoms with Crippen LogP contribution in [-0.4, -0.2) is 18.5 Å². The zero-order valence-electron chi connectivity index (χ0n) is 8.59. The number of benzene rings is 1. The highest BCUT2D eigenvalue weighted by atomic mass is 31.2. The Morgan fingerprint density at radius 1 is 1.25 bits per heavy atom. The number of hydrogen-bond donors (Lipinski definition) is 0. The molecule has 0 N–H and O–H groups in total. The van der Waals surface area contributed by atoms with Gasteiger partial charge in [-0.1, -0.05) is 19.1 Å². The minimum absolute atomic E-state index is 0.201. The fourth-order valence-electron chi connectivity index (χ4n) is 1.44. The smallest absolute Gasteiger partial charge is 0.318 e. The molecule has 1 atom stereocenters. The summed E-state index contributed by atoms with van der Waals surface area (Å²) in [7, 11) is -3.71. The van der Waals surface area contributed by atoms with Crippen LogP contribution in [0, 0.1) is 5.82 Å².